The second-order valence-corrected chi connectivity index (χ2v) is 6.75. The van der Waals surface area contributed by atoms with E-state index in [1.807, 2.05) is 24.3 Å². The van der Waals surface area contributed by atoms with Crippen LogP contribution in [-0.4, -0.2) is 26.8 Å². The maximum Gasteiger partial charge on any atom is 0.161 e. The molecule has 1 aromatic heterocycles. The number of methoxy groups -OCH3 is 1. The largest absolute Gasteiger partial charge is 0.493 e. The van der Waals surface area contributed by atoms with Crippen LogP contribution in [0.15, 0.2) is 40.2 Å². The predicted molar refractivity (Wildman–Crippen MR) is 87.1 cm³/mol. The maximum absolute atomic E-state index is 5.69. The Balaban J connectivity index is 1.62. The van der Waals surface area contributed by atoms with E-state index in [2.05, 4.69) is 33.4 Å². The highest BCUT2D eigenvalue weighted by Crippen LogP contribution is 2.25. The van der Waals surface area contributed by atoms with Gasteiger partial charge in [0.25, 0.3) is 0 Å². The summed E-state index contributed by atoms with van der Waals surface area (Å²) >= 11 is 5.25. The maximum atomic E-state index is 5.69. The standard InChI is InChI=1S/C15H18BrNO2S/c1-18-13-4-2-3-5-14(13)19-11-10-17-9-8-12-6-7-15(16)20-12/h2-7,17H,8-11H2,1H3. The first-order chi connectivity index (χ1) is 9.79. The van der Waals surface area contributed by atoms with Gasteiger partial charge in [0, 0.05) is 18.0 Å². The third-order valence-electron chi connectivity index (χ3n) is 2.78. The Kier molecular flexibility index (Phi) is 6.36. The summed E-state index contributed by atoms with van der Waals surface area (Å²) in [4.78, 5) is 1.38. The summed E-state index contributed by atoms with van der Waals surface area (Å²) in [6.07, 6.45) is 1.05. The fraction of sp³-hybridized carbons (Fsp3) is 0.333. The van der Waals surface area contributed by atoms with E-state index in [1.54, 1.807) is 18.4 Å². The van der Waals surface area contributed by atoms with Crippen LogP contribution < -0.4 is 14.8 Å². The minimum atomic E-state index is 0.633. The molecule has 2 rings (SSSR count). The molecule has 0 saturated carbocycles. The molecule has 0 radical (unpaired) electrons. The van der Waals surface area contributed by atoms with Crippen molar-refractivity contribution in [3.05, 3.63) is 45.1 Å². The van der Waals surface area contributed by atoms with Crippen molar-refractivity contribution in [3.63, 3.8) is 0 Å². The van der Waals surface area contributed by atoms with E-state index in [9.17, 15) is 0 Å². The van der Waals surface area contributed by atoms with Crippen molar-refractivity contribution in [1.82, 2.24) is 5.32 Å². The highest BCUT2D eigenvalue weighted by Gasteiger charge is 2.01. The Labute approximate surface area is 132 Å². The third-order valence-corrected chi connectivity index (χ3v) is 4.47. The second kappa shape index (κ2) is 8.29. The first-order valence-corrected chi connectivity index (χ1v) is 8.11. The van der Waals surface area contributed by atoms with E-state index in [0.717, 1.165) is 31.0 Å². The molecule has 2 aromatic rings. The minimum absolute atomic E-state index is 0.633. The molecule has 0 fully saturated rings. The molecule has 0 aliphatic rings. The molecular formula is C15H18BrNO2S. The van der Waals surface area contributed by atoms with Crippen LogP contribution in [0, 0.1) is 0 Å². The second-order valence-electron chi connectivity index (χ2n) is 4.21. The van der Waals surface area contributed by atoms with E-state index >= 15 is 0 Å². The number of halogens is 1. The lowest BCUT2D eigenvalue weighted by Crippen LogP contribution is -2.23. The molecule has 1 heterocycles. The molecule has 1 aromatic carbocycles. The van der Waals surface area contributed by atoms with Crippen LogP contribution in [0.4, 0.5) is 0 Å². The van der Waals surface area contributed by atoms with Crippen LogP contribution in [0.25, 0.3) is 0 Å². The molecule has 1 N–H and O–H groups in total. The van der Waals surface area contributed by atoms with Gasteiger partial charge in [-0.25, -0.2) is 0 Å². The highest BCUT2D eigenvalue weighted by molar-refractivity contribution is 9.11. The van der Waals surface area contributed by atoms with Gasteiger partial charge in [-0.1, -0.05) is 12.1 Å². The molecule has 0 bridgehead atoms. The molecule has 0 aliphatic carbocycles. The molecule has 5 heteroatoms. The predicted octanol–water partition coefficient (Wildman–Crippen LogP) is 3.73. The van der Waals surface area contributed by atoms with Gasteiger partial charge in [0.2, 0.25) is 0 Å². The first-order valence-electron chi connectivity index (χ1n) is 6.50. The van der Waals surface area contributed by atoms with E-state index in [-0.39, 0.29) is 0 Å². The van der Waals surface area contributed by atoms with Crippen molar-refractivity contribution in [3.8, 4) is 11.5 Å². The summed E-state index contributed by atoms with van der Waals surface area (Å²) in [5.41, 5.74) is 0. The molecule has 0 spiro atoms. The van der Waals surface area contributed by atoms with Crippen molar-refractivity contribution in [2.24, 2.45) is 0 Å². The van der Waals surface area contributed by atoms with Crippen molar-refractivity contribution < 1.29 is 9.47 Å². The summed E-state index contributed by atoms with van der Waals surface area (Å²) in [5, 5.41) is 3.38. The van der Waals surface area contributed by atoms with Gasteiger partial charge in [-0.05, 0) is 46.6 Å². The molecule has 0 aliphatic heterocycles. The fourth-order valence-corrected chi connectivity index (χ4v) is 3.28. The van der Waals surface area contributed by atoms with Gasteiger partial charge >= 0.3 is 0 Å². The molecule has 0 saturated heterocycles. The number of nitrogens with one attached hydrogen (secondary N) is 1. The van der Waals surface area contributed by atoms with Crippen molar-refractivity contribution >= 4 is 27.3 Å². The minimum Gasteiger partial charge on any atom is -0.493 e. The Morgan fingerprint density at radius 2 is 1.90 bits per heavy atom. The zero-order valence-corrected chi connectivity index (χ0v) is 13.8. The van der Waals surface area contributed by atoms with Gasteiger partial charge < -0.3 is 14.8 Å². The lowest BCUT2D eigenvalue weighted by Gasteiger charge is -2.10. The summed E-state index contributed by atoms with van der Waals surface area (Å²) in [6.45, 7) is 2.42. The molecule has 0 unspecified atom stereocenters. The van der Waals surface area contributed by atoms with Crippen LogP contribution >= 0.6 is 27.3 Å². The average molecular weight is 356 g/mol. The van der Waals surface area contributed by atoms with Gasteiger partial charge in [0.1, 0.15) is 6.61 Å². The number of hydrogen-bond acceptors (Lipinski definition) is 4. The van der Waals surface area contributed by atoms with Gasteiger partial charge in [-0.2, -0.15) is 0 Å². The summed E-state index contributed by atoms with van der Waals surface area (Å²) in [7, 11) is 1.65. The van der Waals surface area contributed by atoms with E-state index < -0.39 is 0 Å². The van der Waals surface area contributed by atoms with Crippen LogP contribution in [0.3, 0.4) is 0 Å². The molecular weight excluding hydrogens is 338 g/mol. The quantitative estimate of drug-likeness (QED) is 0.731. The van der Waals surface area contributed by atoms with Gasteiger partial charge in [0.15, 0.2) is 11.5 Å². The zero-order chi connectivity index (χ0) is 14.2. The molecule has 20 heavy (non-hydrogen) atoms. The van der Waals surface area contributed by atoms with Gasteiger partial charge in [-0.15, -0.1) is 11.3 Å². The Bertz CT molecular complexity index is 530. The van der Waals surface area contributed by atoms with Crippen LogP contribution in [-0.2, 0) is 6.42 Å². The number of benzene rings is 1. The lowest BCUT2D eigenvalue weighted by molar-refractivity contribution is 0.292. The average Bonchev–Trinajstić information content (AvgIpc) is 2.88. The van der Waals surface area contributed by atoms with E-state index in [0.29, 0.717) is 6.61 Å². The topological polar surface area (TPSA) is 30.5 Å². The van der Waals surface area contributed by atoms with E-state index in [4.69, 9.17) is 9.47 Å². The number of rotatable bonds is 8. The van der Waals surface area contributed by atoms with Gasteiger partial charge in [-0.3, -0.25) is 0 Å². The number of ether oxygens (including phenoxy) is 2. The van der Waals surface area contributed by atoms with Crippen LogP contribution in [0.2, 0.25) is 0 Å². The van der Waals surface area contributed by atoms with Crippen molar-refractivity contribution in [2.75, 3.05) is 26.8 Å². The van der Waals surface area contributed by atoms with E-state index in [1.165, 1.54) is 8.66 Å². The molecule has 0 amide bonds. The van der Waals surface area contributed by atoms with Crippen molar-refractivity contribution in [1.29, 1.82) is 0 Å². The van der Waals surface area contributed by atoms with Crippen molar-refractivity contribution in [2.45, 2.75) is 6.42 Å². The number of para-hydroxylation sites is 2. The smallest absolute Gasteiger partial charge is 0.161 e. The molecule has 3 nitrogen and oxygen atoms in total. The zero-order valence-electron chi connectivity index (χ0n) is 11.4. The Morgan fingerprint density at radius 3 is 2.60 bits per heavy atom. The van der Waals surface area contributed by atoms with Crippen LogP contribution in [0.1, 0.15) is 4.88 Å². The Hall–Kier alpha value is -1.04. The summed E-state index contributed by atoms with van der Waals surface area (Å²) in [6, 6.07) is 11.9. The first kappa shape index (κ1) is 15.4. The number of hydrogen-bond donors (Lipinski definition) is 1. The summed E-state index contributed by atoms with van der Waals surface area (Å²) in [5.74, 6) is 1.56. The molecule has 0 atom stereocenters. The van der Waals surface area contributed by atoms with Crippen LogP contribution in [0.5, 0.6) is 11.5 Å². The SMILES string of the molecule is COc1ccccc1OCCNCCc1ccc(Br)s1. The van der Waals surface area contributed by atoms with Gasteiger partial charge in [0.05, 0.1) is 10.9 Å². The lowest BCUT2D eigenvalue weighted by atomic mass is 10.3. The Morgan fingerprint density at radius 1 is 1.10 bits per heavy atom. The third kappa shape index (κ3) is 4.81. The normalized spacial score (nSPS) is 10.5. The monoisotopic (exact) mass is 355 g/mol. The highest BCUT2D eigenvalue weighted by atomic mass is 79.9. The summed E-state index contributed by atoms with van der Waals surface area (Å²) < 4.78 is 12.1. The number of thiophene rings is 1. The molecule has 108 valence electrons. The fourth-order valence-electron chi connectivity index (χ4n) is 1.79.